The van der Waals surface area contributed by atoms with Gasteiger partial charge in [-0.05, 0) is 5.57 Å². The van der Waals surface area contributed by atoms with Crippen molar-refractivity contribution in [2.24, 2.45) is 0 Å². The highest BCUT2D eigenvalue weighted by Gasteiger charge is 2.46. The molecule has 0 saturated carbocycles. The topological polar surface area (TPSA) is 0 Å². The number of allylic oxidation sites excluding steroid dienone is 3. The zero-order valence-corrected chi connectivity index (χ0v) is 4.50. The van der Waals surface area contributed by atoms with Gasteiger partial charge in [-0.25, -0.2) is 4.39 Å². The van der Waals surface area contributed by atoms with Crippen molar-refractivity contribution in [3.8, 4) is 0 Å². The first-order valence-corrected chi connectivity index (χ1v) is 2.40. The Hall–Kier alpha value is -0.730. The Kier molecular flexibility index (Phi) is 1.15. The predicted molar refractivity (Wildman–Crippen MR) is 26.6 cm³/mol. The Morgan fingerprint density at radius 2 is 2.11 bits per heavy atom. The summed E-state index contributed by atoms with van der Waals surface area (Å²) < 4.78 is 35.7. The molecule has 0 aromatic rings. The fraction of sp³-hybridized carbons (Fsp3) is 0.333. The number of hydrogen-bond acceptors (Lipinski definition) is 0. The Labute approximate surface area is 50.7 Å². The van der Waals surface area contributed by atoms with Crippen LogP contribution in [-0.2, 0) is 0 Å². The molecule has 1 rings (SSSR count). The monoisotopic (exact) mass is 133 g/mol. The molecule has 49 valence electrons. The summed E-state index contributed by atoms with van der Waals surface area (Å²) in [7, 11) is 0. The minimum Gasteiger partial charge on any atom is -0.205 e. The van der Waals surface area contributed by atoms with Crippen LogP contribution in [0, 0.1) is 6.58 Å². The van der Waals surface area contributed by atoms with Crippen molar-refractivity contribution in [2.75, 3.05) is 0 Å². The second-order valence-electron chi connectivity index (χ2n) is 1.89. The highest BCUT2D eigenvalue weighted by atomic mass is 19.3. The molecule has 0 aromatic heterocycles. The van der Waals surface area contributed by atoms with E-state index in [2.05, 4.69) is 0 Å². The second kappa shape index (κ2) is 1.62. The lowest BCUT2D eigenvalue weighted by Gasteiger charge is -2.25. The van der Waals surface area contributed by atoms with Crippen molar-refractivity contribution >= 4 is 0 Å². The summed E-state index contributed by atoms with van der Waals surface area (Å²) in [5.41, 5.74) is -0.0833. The van der Waals surface area contributed by atoms with E-state index in [1.807, 2.05) is 0 Å². The first kappa shape index (κ1) is 6.39. The van der Waals surface area contributed by atoms with Gasteiger partial charge in [0.05, 0.1) is 0 Å². The van der Waals surface area contributed by atoms with Crippen LogP contribution in [0.5, 0.6) is 0 Å². The Balaban J connectivity index is 2.84. The van der Waals surface area contributed by atoms with Gasteiger partial charge in [-0.2, -0.15) is 8.78 Å². The molecule has 0 spiro atoms. The predicted octanol–water partition coefficient (Wildman–Crippen LogP) is 2.24. The minimum atomic E-state index is -3.24. The molecule has 0 unspecified atom stereocenters. The zero-order valence-electron chi connectivity index (χ0n) is 4.50. The van der Waals surface area contributed by atoms with Gasteiger partial charge in [0.2, 0.25) is 0 Å². The molecule has 0 atom stereocenters. The molecule has 0 heterocycles. The van der Waals surface area contributed by atoms with Crippen LogP contribution >= 0.6 is 0 Å². The van der Waals surface area contributed by atoms with Crippen LogP contribution in [-0.4, -0.2) is 5.92 Å². The van der Waals surface area contributed by atoms with Crippen LogP contribution in [0.25, 0.3) is 0 Å². The van der Waals surface area contributed by atoms with Crippen LogP contribution in [0.4, 0.5) is 13.2 Å². The van der Waals surface area contributed by atoms with Gasteiger partial charge in [0.25, 0.3) is 0 Å². The summed E-state index contributed by atoms with van der Waals surface area (Å²) >= 11 is 0. The summed E-state index contributed by atoms with van der Waals surface area (Å²) in [5.74, 6) is -4.63. The van der Waals surface area contributed by atoms with Crippen molar-refractivity contribution in [1.82, 2.24) is 0 Å². The van der Waals surface area contributed by atoms with Crippen molar-refractivity contribution < 1.29 is 13.2 Å². The van der Waals surface area contributed by atoms with Crippen molar-refractivity contribution in [2.45, 2.75) is 12.3 Å². The van der Waals surface area contributed by atoms with Crippen molar-refractivity contribution in [1.29, 1.82) is 0 Å². The largest absolute Gasteiger partial charge is 0.303 e. The van der Waals surface area contributed by atoms with E-state index in [-0.39, 0.29) is 5.57 Å². The lowest BCUT2D eigenvalue weighted by molar-refractivity contribution is -0.00711. The van der Waals surface area contributed by atoms with Gasteiger partial charge in [0.1, 0.15) is 0 Å². The van der Waals surface area contributed by atoms with Crippen LogP contribution in [0.15, 0.2) is 17.5 Å². The Bertz CT molecular complexity index is 179. The molecular formula is C6H4F3. The summed E-state index contributed by atoms with van der Waals surface area (Å²) in [5, 5.41) is 0. The summed E-state index contributed by atoms with van der Waals surface area (Å²) in [4.78, 5) is 0. The fourth-order valence-electron chi connectivity index (χ4n) is 0.655. The number of rotatable bonds is 1. The average molecular weight is 133 g/mol. The number of halogens is 3. The third-order valence-corrected chi connectivity index (χ3v) is 1.22. The van der Waals surface area contributed by atoms with E-state index in [0.717, 1.165) is 6.08 Å². The van der Waals surface area contributed by atoms with E-state index < -0.39 is 18.2 Å². The maximum absolute atomic E-state index is 12.0. The van der Waals surface area contributed by atoms with E-state index >= 15 is 0 Å². The van der Waals surface area contributed by atoms with Crippen LogP contribution in [0.3, 0.4) is 0 Å². The van der Waals surface area contributed by atoms with E-state index in [0.29, 0.717) is 0 Å². The van der Waals surface area contributed by atoms with E-state index in [4.69, 9.17) is 6.58 Å². The summed E-state index contributed by atoms with van der Waals surface area (Å²) in [6.07, 6.45) is 0.308. The van der Waals surface area contributed by atoms with Crippen LogP contribution < -0.4 is 0 Å². The molecule has 0 aromatic carbocycles. The van der Waals surface area contributed by atoms with Crippen molar-refractivity contribution in [3.05, 3.63) is 24.1 Å². The lowest BCUT2D eigenvalue weighted by atomic mass is 9.93. The number of alkyl halides is 2. The van der Waals surface area contributed by atoms with Gasteiger partial charge in [-0.1, -0.05) is 12.7 Å². The highest BCUT2D eigenvalue weighted by Crippen LogP contribution is 2.44. The van der Waals surface area contributed by atoms with Gasteiger partial charge in [-0.3, -0.25) is 0 Å². The molecule has 1 aliphatic carbocycles. The molecular weight excluding hydrogens is 129 g/mol. The van der Waals surface area contributed by atoms with Crippen LogP contribution in [0.2, 0.25) is 0 Å². The van der Waals surface area contributed by atoms with Gasteiger partial charge in [0, 0.05) is 6.42 Å². The highest BCUT2D eigenvalue weighted by molar-refractivity contribution is 5.35. The average Bonchev–Trinajstić information content (AvgIpc) is 1.82. The van der Waals surface area contributed by atoms with Gasteiger partial charge in [0.15, 0.2) is 5.83 Å². The van der Waals surface area contributed by atoms with E-state index in [9.17, 15) is 13.2 Å². The van der Waals surface area contributed by atoms with Gasteiger partial charge < -0.3 is 0 Å². The number of hydrogen-bond donors (Lipinski definition) is 0. The quantitative estimate of drug-likeness (QED) is 0.514. The molecule has 0 bridgehead atoms. The zero-order chi connectivity index (χ0) is 7.07. The minimum absolute atomic E-state index is 0.0833. The molecule has 0 N–H and O–H groups in total. The molecule has 0 aliphatic heterocycles. The Morgan fingerprint density at radius 1 is 1.56 bits per heavy atom. The van der Waals surface area contributed by atoms with Gasteiger partial charge >= 0.3 is 5.92 Å². The smallest absolute Gasteiger partial charge is 0.205 e. The molecule has 3 heteroatoms. The molecule has 1 aliphatic rings. The molecule has 0 fully saturated rings. The maximum Gasteiger partial charge on any atom is 0.303 e. The van der Waals surface area contributed by atoms with E-state index in [1.54, 1.807) is 0 Å². The normalized spacial score (nSPS) is 23.4. The summed E-state index contributed by atoms with van der Waals surface area (Å²) in [6, 6.07) is 0. The maximum atomic E-state index is 12.0. The van der Waals surface area contributed by atoms with Gasteiger partial charge in [-0.15, -0.1) is 0 Å². The standard InChI is InChI=1S/C6H4F3/c1-2-4-3-6(8,9)5(4)7/h1-2H,3H2. The molecule has 9 heavy (non-hydrogen) atoms. The third-order valence-electron chi connectivity index (χ3n) is 1.22. The Morgan fingerprint density at radius 3 is 2.22 bits per heavy atom. The molecule has 0 amide bonds. The SMILES string of the molecule is [CH]=CC1=C(F)C(F)(F)C1. The fourth-order valence-corrected chi connectivity index (χ4v) is 0.655. The second-order valence-corrected chi connectivity index (χ2v) is 1.89. The molecule has 0 nitrogen and oxygen atoms in total. The first-order valence-electron chi connectivity index (χ1n) is 2.40. The van der Waals surface area contributed by atoms with Crippen molar-refractivity contribution in [3.63, 3.8) is 0 Å². The lowest BCUT2D eigenvalue weighted by Crippen LogP contribution is -2.28. The molecule has 0 saturated heterocycles. The third kappa shape index (κ3) is 0.763. The first-order chi connectivity index (χ1) is 4.08. The van der Waals surface area contributed by atoms with E-state index in [1.165, 1.54) is 0 Å². The molecule has 1 radical (unpaired) electrons. The summed E-state index contributed by atoms with van der Waals surface area (Å²) in [6.45, 7) is 4.79. The van der Waals surface area contributed by atoms with Crippen LogP contribution in [0.1, 0.15) is 6.42 Å².